The number of nitrogens with one attached hydrogen (secondary N) is 2. The summed E-state index contributed by atoms with van der Waals surface area (Å²) in [7, 11) is -3.95. The summed E-state index contributed by atoms with van der Waals surface area (Å²) in [5.41, 5.74) is 2.32. The van der Waals surface area contributed by atoms with E-state index in [2.05, 4.69) is 21.2 Å². The summed E-state index contributed by atoms with van der Waals surface area (Å²) >= 11 is 9.11. The van der Waals surface area contributed by atoms with E-state index in [-0.39, 0.29) is 4.90 Å². The third-order valence-electron chi connectivity index (χ3n) is 3.47. The molecule has 0 fully saturated rings. The van der Waals surface area contributed by atoms with Crippen LogP contribution < -0.4 is 10.0 Å². The van der Waals surface area contributed by atoms with Gasteiger partial charge in [-0.05, 0) is 63.8 Å². The van der Waals surface area contributed by atoms with Crippen LogP contribution in [0, 0.1) is 0 Å². The molecule has 3 rings (SSSR count). The average Bonchev–Trinajstić information content (AvgIpc) is 2.98. The Bertz CT molecular complexity index is 958. The van der Waals surface area contributed by atoms with Crippen LogP contribution in [0.3, 0.4) is 0 Å². The molecule has 0 bridgehead atoms. The van der Waals surface area contributed by atoms with E-state index in [0.717, 1.165) is 17.5 Å². The predicted octanol–water partition coefficient (Wildman–Crippen LogP) is 4.18. The molecule has 1 aliphatic carbocycles. The lowest BCUT2D eigenvalue weighted by molar-refractivity contribution is 0.256. The minimum absolute atomic E-state index is 0.0419. The summed E-state index contributed by atoms with van der Waals surface area (Å²) in [5, 5.41) is 2.94. The minimum Gasteiger partial charge on any atom is -0.307 e. The lowest BCUT2D eigenvalue weighted by Crippen LogP contribution is -2.34. The number of hydrogen-bond donors (Lipinski definition) is 2. The molecule has 1 aliphatic rings. The molecule has 8 heteroatoms. The largest absolute Gasteiger partial charge is 0.333 e. The number of fused-ring (bicyclic) bond motifs is 1. The molecule has 2 N–H and O–H groups in total. The molecule has 2 amide bonds. The molecule has 0 spiro atoms. The monoisotopic (exact) mass is 426 g/mol. The van der Waals surface area contributed by atoms with Crippen molar-refractivity contribution in [2.45, 2.75) is 11.3 Å². The predicted molar refractivity (Wildman–Crippen MR) is 97.7 cm³/mol. The van der Waals surface area contributed by atoms with E-state index in [9.17, 15) is 13.2 Å². The molecule has 0 radical (unpaired) electrons. The van der Waals surface area contributed by atoms with Crippen LogP contribution in [0.25, 0.3) is 6.08 Å². The van der Waals surface area contributed by atoms with Gasteiger partial charge in [0.05, 0.1) is 9.92 Å². The number of anilines is 1. The van der Waals surface area contributed by atoms with Gasteiger partial charge in [0.2, 0.25) is 0 Å². The van der Waals surface area contributed by atoms with Crippen LogP contribution in [0.4, 0.5) is 10.5 Å². The number of carbonyl (C=O) groups excluding carboxylic acids is 1. The summed E-state index contributed by atoms with van der Waals surface area (Å²) in [6.45, 7) is 0. The van der Waals surface area contributed by atoms with Gasteiger partial charge in [-0.15, -0.1) is 0 Å². The maximum Gasteiger partial charge on any atom is 0.333 e. The third kappa shape index (κ3) is 3.63. The summed E-state index contributed by atoms with van der Waals surface area (Å²) in [6, 6.07) is 8.67. The van der Waals surface area contributed by atoms with Crippen molar-refractivity contribution in [3.05, 3.63) is 63.1 Å². The highest BCUT2D eigenvalue weighted by molar-refractivity contribution is 9.10. The minimum atomic E-state index is -3.95. The van der Waals surface area contributed by atoms with E-state index < -0.39 is 16.1 Å². The molecular formula is C16H12BrClN2O3S. The van der Waals surface area contributed by atoms with Gasteiger partial charge in [-0.25, -0.2) is 17.9 Å². The first-order chi connectivity index (χ1) is 11.3. The standard InChI is InChI=1S/C16H12BrClN2O3S/c17-14-9-12(5-7-15(14)18)19-16(21)20-24(22,23)13-6-4-10-2-1-3-11(10)8-13/h1,3-9H,2H2,(H2,19,20,21). The Morgan fingerprint density at radius 2 is 1.96 bits per heavy atom. The van der Waals surface area contributed by atoms with Crippen LogP contribution in [0.15, 0.2) is 51.8 Å². The van der Waals surface area contributed by atoms with Crippen molar-refractivity contribution in [2.75, 3.05) is 5.32 Å². The quantitative estimate of drug-likeness (QED) is 0.771. The normalized spacial score (nSPS) is 12.8. The van der Waals surface area contributed by atoms with E-state index in [1.165, 1.54) is 6.07 Å². The summed E-state index contributed by atoms with van der Waals surface area (Å²) in [5.74, 6) is 0. The van der Waals surface area contributed by atoms with E-state index in [1.54, 1.807) is 30.3 Å². The highest BCUT2D eigenvalue weighted by Crippen LogP contribution is 2.26. The van der Waals surface area contributed by atoms with Crippen molar-refractivity contribution in [3.8, 4) is 0 Å². The lowest BCUT2D eigenvalue weighted by atomic mass is 10.1. The zero-order chi connectivity index (χ0) is 17.3. The van der Waals surface area contributed by atoms with Gasteiger partial charge >= 0.3 is 6.03 Å². The number of urea groups is 1. The van der Waals surface area contributed by atoms with Crippen LogP contribution in [0.5, 0.6) is 0 Å². The molecule has 2 aromatic carbocycles. The van der Waals surface area contributed by atoms with Crippen molar-refractivity contribution in [1.29, 1.82) is 0 Å². The molecule has 2 aromatic rings. The topological polar surface area (TPSA) is 75.3 Å². The first-order valence-electron chi connectivity index (χ1n) is 6.93. The van der Waals surface area contributed by atoms with Gasteiger partial charge in [0.25, 0.3) is 10.0 Å². The van der Waals surface area contributed by atoms with Crippen LogP contribution in [0.2, 0.25) is 5.02 Å². The van der Waals surface area contributed by atoms with E-state index in [0.29, 0.717) is 15.2 Å². The Kier molecular flexibility index (Phi) is 4.67. The van der Waals surface area contributed by atoms with Gasteiger partial charge in [0, 0.05) is 10.2 Å². The van der Waals surface area contributed by atoms with Crippen LogP contribution >= 0.6 is 27.5 Å². The summed E-state index contributed by atoms with van der Waals surface area (Å²) in [4.78, 5) is 12.0. The number of allylic oxidation sites excluding steroid dienone is 1. The van der Waals surface area contributed by atoms with Gasteiger partial charge in [0.15, 0.2) is 0 Å². The Morgan fingerprint density at radius 1 is 1.17 bits per heavy atom. The molecule has 0 unspecified atom stereocenters. The smallest absolute Gasteiger partial charge is 0.307 e. The van der Waals surface area contributed by atoms with E-state index in [1.807, 2.05) is 16.9 Å². The zero-order valence-corrected chi connectivity index (χ0v) is 15.4. The highest BCUT2D eigenvalue weighted by atomic mass is 79.9. The van der Waals surface area contributed by atoms with Crippen molar-refractivity contribution in [3.63, 3.8) is 0 Å². The van der Waals surface area contributed by atoms with Gasteiger partial charge < -0.3 is 5.32 Å². The maximum absolute atomic E-state index is 12.3. The second kappa shape index (κ2) is 6.58. The Balaban J connectivity index is 1.75. The fourth-order valence-corrected chi connectivity index (χ4v) is 3.74. The van der Waals surface area contributed by atoms with E-state index in [4.69, 9.17) is 11.6 Å². The maximum atomic E-state index is 12.3. The number of carbonyl (C=O) groups is 1. The second-order valence-electron chi connectivity index (χ2n) is 5.16. The van der Waals surface area contributed by atoms with Crippen LogP contribution in [-0.4, -0.2) is 14.4 Å². The Labute approximate surface area is 152 Å². The highest BCUT2D eigenvalue weighted by Gasteiger charge is 2.19. The van der Waals surface area contributed by atoms with Crippen molar-refractivity contribution < 1.29 is 13.2 Å². The molecular weight excluding hydrogens is 416 g/mol. The van der Waals surface area contributed by atoms with Crippen LogP contribution in [-0.2, 0) is 16.4 Å². The fourth-order valence-electron chi connectivity index (χ4n) is 2.31. The van der Waals surface area contributed by atoms with Gasteiger partial charge in [-0.3, -0.25) is 0 Å². The van der Waals surface area contributed by atoms with Gasteiger partial charge in [-0.2, -0.15) is 0 Å². The number of halogens is 2. The zero-order valence-electron chi connectivity index (χ0n) is 12.2. The van der Waals surface area contributed by atoms with Crippen molar-refractivity contribution in [1.82, 2.24) is 4.72 Å². The second-order valence-corrected chi connectivity index (χ2v) is 8.10. The van der Waals surface area contributed by atoms with Gasteiger partial charge in [-0.1, -0.05) is 29.8 Å². The number of hydrogen-bond acceptors (Lipinski definition) is 3. The molecule has 0 heterocycles. The summed E-state index contributed by atoms with van der Waals surface area (Å²) < 4.78 is 27.2. The molecule has 24 heavy (non-hydrogen) atoms. The average molecular weight is 428 g/mol. The van der Waals surface area contributed by atoms with E-state index >= 15 is 0 Å². The fraction of sp³-hybridized carbons (Fsp3) is 0.0625. The summed E-state index contributed by atoms with van der Waals surface area (Å²) in [6.07, 6.45) is 4.61. The molecule has 5 nitrogen and oxygen atoms in total. The Hall–Kier alpha value is -1.83. The number of amides is 2. The molecule has 124 valence electrons. The van der Waals surface area contributed by atoms with Crippen molar-refractivity contribution >= 4 is 55.3 Å². The third-order valence-corrected chi connectivity index (χ3v) is 6.01. The van der Waals surface area contributed by atoms with Gasteiger partial charge in [0.1, 0.15) is 0 Å². The molecule has 0 aliphatic heterocycles. The molecule has 0 saturated carbocycles. The Morgan fingerprint density at radius 3 is 2.71 bits per heavy atom. The number of benzene rings is 2. The number of sulfonamides is 1. The first kappa shape index (κ1) is 17.0. The van der Waals surface area contributed by atoms with Crippen molar-refractivity contribution in [2.24, 2.45) is 0 Å². The number of rotatable bonds is 3. The first-order valence-corrected chi connectivity index (χ1v) is 9.59. The van der Waals surface area contributed by atoms with Crippen LogP contribution in [0.1, 0.15) is 11.1 Å². The molecule has 0 saturated heterocycles. The molecule has 0 atom stereocenters. The SMILES string of the molecule is O=C(Nc1ccc(Cl)c(Br)c1)NS(=O)(=O)c1ccc2c(c1)C=CC2. The lowest BCUT2D eigenvalue weighted by Gasteiger charge is -2.10. The molecule has 0 aromatic heterocycles.